The molecule has 6 unspecified atom stereocenters. The predicted octanol–water partition coefficient (Wildman–Crippen LogP) is -0.140. The van der Waals surface area contributed by atoms with Gasteiger partial charge >= 0.3 is 0 Å². The Hall–Kier alpha value is -1.42. The quantitative estimate of drug-likeness (QED) is 0.104. The Bertz CT molecular complexity index is 828. The van der Waals surface area contributed by atoms with Crippen LogP contribution in [0.1, 0.15) is 79.6 Å². The normalized spacial score (nSPS) is 32.8. The fourth-order valence-electron chi connectivity index (χ4n) is 6.39. The van der Waals surface area contributed by atoms with Gasteiger partial charge in [0.05, 0.1) is 57.5 Å². The van der Waals surface area contributed by atoms with E-state index < -0.39 is 73.7 Å². The van der Waals surface area contributed by atoms with Gasteiger partial charge in [0, 0.05) is 20.5 Å². The van der Waals surface area contributed by atoms with E-state index >= 15 is 0 Å². The minimum atomic E-state index is -1.73. The molecule has 0 aliphatic carbocycles. The molecule has 4 N–H and O–H groups in total. The summed E-state index contributed by atoms with van der Waals surface area (Å²) in [5.74, 6) is -2.02. The smallest absolute Gasteiger partial charge is 0.217 e. The van der Waals surface area contributed by atoms with Crippen molar-refractivity contribution in [1.82, 2.24) is 5.32 Å². The van der Waals surface area contributed by atoms with Crippen LogP contribution < -0.4 is 10.4 Å². The zero-order valence-corrected chi connectivity index (χ0v) is 27.5. The molecule has 2 saturated heterocycles. The van der Waals surface area contributed by atoms with Crippen LogP contribution in [-0.4, -0.2) is 139 Å². The molecule has 2 fully saturated rings. The molecular formula is C31H58N2O11. The summed E-state index contributed by atoms with van der Waals surface area (Å²) < 4.78 is 30.2. The molecule has 13 nitrogen and oxygen atoms in total. The molecule has 0 spiro atoms. The molecule has 2 heterocycles. The van der Waals surface area contributed by atoms with Crippen molar-refractivity contribution >= 4 is 11.9 Å². The first-order chi connectivity index (χ1) is 21.0. The third-order valence-electron chi connectivity index (χ3n) is 8.87. The van der Waals surface area contributed by atoms with Crippen molar-refractivity contribution in [3.8, 4) is 0 Å². The van der Waals surface area contributed by atoms with E-state index in [0.29, 0.717) is 6.61 Å². The Morgan fingerprint density at radius 3 is 1.93 bits per heavy atom. The number of carbonyl (C=O) groups excluding carboxylic acids is 2. The number of hydrogen-bond acceptors (Lipinski definition) is 11. The van der Waals surface area contributed by atoms with Crippen LogP contribution in [0.3, 0.4) is 0 Å². The maximum absolute atomic E-state index is 12.2. The van der Waals surface area contributed by atoms with Crippen LogP contribution in [0.4, 0.5) is 0 Å². The van der Waals surface area contributed by atoms with Gasteiger partial charge < -0.3 is 58.7 Å². The van der Waals surface area contributed by atoms with Gasteiger partial charge in [-0.1, -0.05) is 40.0 Å². The standard InChI is InChI=1S/C31H58N2O11/c1-7-10-14-33(15-11-8-2,16-12-9-3)17-13-18-41-26-22(19-34)42-20(4)23(32-21(5)35)27(26)43-31-25(37)24(36)28(40-6)29(44-31)30(38)39/h20,22-29,31,34,36-37H,7-19H2,1-6H3,(H-,32,35,38,39)/t20-,22?,23?,24?,25?,26+,27?,28-,29?,31+/m0/s1. The fourth-order valence-corrected chi connectivity index (χ4v) is 6.39. The molecule has 258 valence electrons. The van der Waals surface area contributed by atoms with E-state index in [1.54, 1.807) is 6.92 Å². The highest BCUT2D eigenvalue weighted by Crippen LogP contribution is 2.31. The molecule has 0 bridgehead atoms. The average molecular weight is 635 g/mol. The first-order valence-electron chi connectivity index (χ1n) is 16.4. The number of aliphatic hydroxyl groups is 3. The number of rotatable bonds is 20. The molecule has 10 atom stereocenters. The van der Waals surface area contributed by atoms with Crippen molar-refractivity contribution in [2.45, 2.75) is 141 Å². The van der Waals surface area contributed by atoms with E-state index in [4.69, 9.17) is 23.7 Å². The predicted molar refractivity (Wildman–Crippen MR) is 159 cm³/mol. The lowest BCUT2D eigenvalue weighted by molar-refractivity contribution is -0.929. The van der Waals surface area contributed by atoms with Gasteiger partial charge in [-0.15, -0.1) is 0 Å². The fraction of sp³-hybridized carbons (Fsp3) is 0.935. The van der Waals surface area contributed by atoms with Crippen LogP contribution in [0, 0.1) is 0 Å². The molecule has 0 aromatic carbocycles. The van der Waals surface area contributed by atoms with Crippen molar-refractivity contribution in [3.63, 3.8) is 0 Å². The van der Waals surface area contributed by atoms with Gasteiger partial charge in [-0.2, -0.15) is 0 Å². The molecule has 13 heteroatoms. The summed E-state index contributed by atoms with van der Waals surface area (Å²) in [4.78, 5) is 24.0. The van der Waals surface area contributed by atoms with Gasteiger partial charge in [-0.25, -0.2) is 0 Å². The first-order valence-corrected chi connectivity index (χ1v) is 16.4. The molecule has 2 aliphatic rings. The second-order valence-electron chi connectivity index (χ2n) is 12.3. The number of quaternary nitrogens is 1. The number of aliphatic hydroxyl groups excluding tert-OH is 3. The molecule has 0 aromatic heterocycles. The molecular weight excluding hydrogens is 576 g/mol. The zero-order valence-electron chi connectivity index (χ0n) is 27.5. The van der Waals surface area contributed by atoms with E-state index in [2.05, 4.69) is 26.1 Å². The van der Waals surface area contributed by atoms with Crippen molar-refractivity contribution in [2.75, 3.05) is 46.5 Å². The van der Waals surface area contributed by atoms with Crippen molar-refractivity contribution < 1.29 is 58.2 Å². The lowest BCUT2D eigenvalue weighted by Crippen LogP contribution is -2.68. The monoisotopic (exact) mass is 634 g/mol. The lowest BCUT2D eigenvalue weighted by Gasteiger charge is -2.49. The maximum atomic E-state index is 12.2. The number of hydrogen-bond donors (Lipinski definition) is 4. The molecule has 1 amide bonds. The number of ether oxygens (including phenoxy) is 5. The summed E-state index contributed by atoms with van der Waals surface area (Å²) in [5, 5.41) is 46.3. The number of unbranched alkanes of at least 4 members (excludes halogenated alkanes) is 3. The van der Waals surface area contributed by atoms with Crippen LogP contribution in [0.25, 0.3) is 0 Å². The van der Waals surface area contributed by atoms with E-state index in [-0.39, 0.29) is 5.91 Å². The molecule has 2 rings (SSSR count). The van der Waals surface area contributed by atoms with E-state index in [1.807, 2.05) is 0 Å². The highest BCUT2D eigenvalue weighted by atomic mass is 16.7. The van der Waals surface area contributed by atoms with Crippen LogP contribution in [-0.2, 0) is 33.3 Å². The van der Waals surface area contributed by atoms with Gasteiger partial charge in [-0.05, 0) is 26.2 Å². The van der Waals surface area contributed by atoms with Crippen LogP contribution in [0.5, 0.6) is 0 Å². The highest BCUT2D eigenvalue weighted by Gasteiger charge is 2.52. The van der Waals surface area contributed by atoms with Gasteiger partial charge in [0.25, 0.3) is 0 Å². The third-order valence-corrected chi connectivity index (χ3v) is 8.87. The average Bonchev–Trinajstić information content (AvgIpc) is 2.99. The second kappa shape index (κ2) is 19.3. The number of amides is 1. The Morgan fingerprint density at radius 2 is 1.45 bits per heavy atom. The van der Waals surface area contributed by atoms with Crippen LogP contribution >= 0.6 is 0 Å². The van der Waals surface area contributed by atoms with Gasteiger partial charge in [0.1, 0.15) is 42.7 Å². The Morgan fingerprint density at radius 1 is 0.886 bits per heavy atom. The minimum Gasteiger partial charge on any atom is -0.547 e. The number of carboxylic acids is 1. The van der Waals surface area contributed by atoms with Crippen molar-refractivity contribution in [3.05, 3.63) is 0 Å². The lowest BCUT2D eigenvalue weighted by atomic mass is 9.92. The number of aliphatic carboxylic acids is 1. The van der Waals surface area contributed by atoms with Crippen LogP contribution in [0.15, 0.2) is 0 Å². The third kappa shape index (κ3) is 10.6. The molecule has 2 aliphatic heterocycles. The summed E-state index contributed by atoms with van der Waals surface area (Å²) in [6, 6.07) is -0.802. The van der Waals surface area contributed by atoms with Crippen LogP contribution in [0.2, 0.25) is 0 Å². The van der Waals surface area contributed by atoms with Crippen molar-refractivity contribution in [1.29, 1.82) is 0 Å². The summed E-state index contributed by atoms with van der Waals surface area (Å²) in [5.41, 5.74) is 0. The maximum Gasteiger partial charge on any atom is 0.217 e. The van der Waals surface area contributed by atoms with Crippen molar-refractivity contribution in [2.24, 2.45) is 0 Å². The summed E-state index contributed by atoms with van der Waals surface area (Å²) in [6.07, 6.45) is -3.95. The van der Waals surface area contributed by atoms with Gasteiger partial charge in [0.2, 0.25) is 5.91 Å². The van der Waals surface area contributed by atoms with E-state index in [0.717, 1.165) is 75.6 Å². The number of nitrogens with zero attached hydrogens (tertiary/aromatic N) is 1. The van der Waals surface area contributed by atoms with Gasteiger partial charge in [0.15, 0.2) is 6.29 Å². The Labute approximate surface area is 262 Å². The Kier molecular flexibility index (Phi) is 17.0. The number of methoxy groups -OCH3 is 1. The minimum absolute atomic E-state index is 0.320. The van der Waals surface area contributed by atoms with E-state index in [9.17, 15) is 30.0 Å². The second-order valence-corrected chi connectivity index (χ2v) is 12.3. The first kappa shape index (κ1) is 38.8. The summed E-state index contributed by atoms with van der Waals surface area (Å²) in [7, 11) is 1.18. The largest absolute Gasteiger partial charge is 0.547 e. The molecule has 44 heavy (non-hydrogen) atoms. The zero-order chi connectivity index (χ0) is 32.9. The SMILES string of the molecule is CCCC[N+](CCCC)(CCCC)CCCO[C@@H]1C(CO)O[C@@H](C)C(NC(C)=O)C1O[C@@H]1OC(C(=O)[O-])[C@@H](OC)C(O)C1O. The number of carboxylic acid groups (broad SMARTS) is 1. The summed E-state index contributed by atoms with van der Waals surface area (Å²) >= 11 is 0. The highest BCUT2D eigenvalue weighted by molar-refractivity contribution is 5.73. The molecule has 0 aromatic rings. The molecule has 0 radical (unpaired) electrons. The summed E-state index contributed by atoms with van der Waals surface area (Å²) in [6.45, 7) is 13.8. The van der Waals surface area contributed by atoms with E-state index in [1.165, 1.54) is 14.0 Å². The number of carbonyl (C=O) groups is 2. The van der Waals surface area contributed by atoms with Gasteiger partial charge in [-0.3, -0.25) is 4.79 Å². The topological polar surface area (TPSA) is 176 Å². The molecule has 0 saturated carbocycles. The number of nitrogens with one attached hydrogen (secondary N) is 1. The Balaban J connectivity index is 2.30.